The lowest BCUT2D eigenvalue weighted by atomic mass is 10.1. The van der Waals surface area contributed by atoms with Crippen molar-refractivity contribution >= 4 is 16.7 Å². The van der Waals surface area contributed by atoms with E-state index in [-0.39, 0.29) is 6.42 Å². The van der Waals surface area contributed by atoms with Gasteiger partial charge in [-0.2, -0.15) is 5.26 Å². The smallest absolute Gasteiger partial charge is 0.128 e. The molecular formula is C16H14N4. The second-order valence-electron chi connectivity index (χ2n) is 4.69. The van der Waals surface area contributed by atoms with Crippen LogP contribution in [0, 0.1) is 18.3 Å². The van der Waals surface area contributed by atoms with Gasteiger partial charge in [0.2, 0.25) is 0 Å². The van der Waals surface area contributed by atoms with Gasteiger partial charge in [-0.25, -0.2) is 4.98 Å². The molecule has 0 saturated carbocycles. The summed E-state index contributed by atoms with van der Waals surface area (Å²) >= 11 is 0. The molecule has 1 heterocycles. The van der Waals surface area contributed by atoms with Gasteiger partial charge in [-0.3, -0.25) is 4.57 Å². The van der Waals surface area contributed by atoms with Crippen molar-refractivity contribution in [2.75, 3.05) is 5.73 Å². The summed E-state index contributed by atoms with van der Waals surface area (Å²) in [4.78, 5) is 4.53. The Labute approximate surface area is 117 Å². The summed E-state index contributed by atoms with van der Waals surface area (Å²) in [6.45, 7) is 1.97. The molecule has 0 aliphatic heterocycles. The van der Waals surface area contributed by atoms with Crippen LogP contribution in [0.5, 0.6) is 0 Å². The van der Waals surface area contributed by atoms with E-state index in [9.17, 15) is 0 Å². The molecule has 4 nitrogen and oxygen atoms in total. The molecule has 0 saturated heterocycles. The Bertz CT molecular complexity index is 824. The van der Waals surface area contributed by atoms with Crippen LogP contribution in [0.25, 0.3) is 16.7 Å². The van der Waals surface area contributed by atoms with E-state index < -0.39 is 0 Å². The van der Waals surface area contributed by atoms with E-state index in [4.69, 9.17) is 11.0 Å². The number of hydrogen-bond donors (Lipinski definition) is 1. The minimum Gasteiger partial charge on any atom is -0.397 e. The number of benzene rings is 2. The van der Waals surface area contributed by atoms with Crippen molar-refractivity contribution in [2.45, 2.75) is 13.3 Å². The van der Waals surface area contributed by atoms with Crippen LogP contribution in [0.2, 0.25) is 0 Å². The Morgan fingerprint density at radius 1 is 1.20 bits per heavy atom. The van der Waals surface area contributed by atoms with E-state index in [1.165, 1.54) is 0 Å². The van der Waals surface area contributed by atoms with Crippen molar-refractivity contribution in [3.63, 3.8) is 0 Å². The van der Waals surface area contributed by atoms with E-state index in [1.54, 1.807) is 0 Å². The Balaban J connectivity index is 2.37. The highest BCUT2D eigenvalue weighted by atomic mass is 15.1. The molecule has 20 heavy (non-hydrogen) atoms. The number of nitrogens with zero attached hydrogens (tertiary/aromatic N) is 3. The van der Waals surface area contributed by atoms with Gasteiger partial charge in [-0.1, -0.05) is 24.3 Å². The van der Waals surface area contributed by atoms with Crippen molar-refractivity contribution in [2.24, 2.45) is 0 Å². The highest BCUT2D eigenvalue weighted by molar-refractivity contribution is 5.80. The Kier molecular flexibility index (Phi) is 2.88. The van der Waals surface area contributed by atoms with E-state index in [2.05, 4.69) is 11.1 Å². The average molecular weight is 262 g/mol. The fourth-order valence-electron chi connectivity index (χ4n) is 2.39. The number of anilines is 1. The van der Waals surface area contributed by atoms with Crippen LogP contribution in [-0.2, 0) is 6.42 Å². The number of fused-ring (bicyclic) bond motifs is 1. The molecule has 98 valence electrons. The van der Waals surface area contributed by atoms with Gasteiger partial charge >= 0.3 is 0 Å². The average Bonchev–Trinajstić information content (AvgIpc) is 2.80. The van der Waals surface area contributed by atoms with Crippen molar-refractivity contribution in [1.82, 2.24) is 9.55 Å². The van der Waals surface area contributed by atoms with Crippen molar-refractivity contribution in [1.29, 1.82) is 5.26 Å². The molecule has 3 aromatic rings. The third kappa shape index (κ3) is 1.81. The third-order valence-corrected chi connectivity index (χ3v) is 3.41. The molecule has 0 aliphatic carbocycles. The molecule has 0 spiro atoms. The summed E-state index contributed by atoms with van der Waals surface area (Å²) in [6, 6.07) is 15.9. The van der Waals surface area contributed by atoms with Gasteiger partial charge < -0.3 is 5.73 Å². The largest absolute Gasteiger partial charge is 0.397 e. The second-order valence-corrected chi connectivity index (χ2v) is 4.69. The zero-order valence-corrected chi connectivity index (χ0v) is 11.2. The van der Waals surface area contributed by atoms with Gasteiger partial charge in [0.05, 0.1) is 34.9 Å². The molecule has 2 N–H and O–H groups in total. The number of nitrogen functional groups attached to an aromatic ring is 1. The number of para-hydroxylation sites is 3. The summed E-state index contributed by atoms with van der Waals surface area (Å²) in [7, 11) is 0. The zero-order valence-electron chi connectivity index (χ0n) is 11.2. The number of nitrogens with two attached hydrogens (primary N) is 1. The third-order valence-electron chi connectivity index (χ3n) is 3.41. The molecule has 2 aromatic carbocycles. The molecule has 3 rings (SSSR count). The first-order chi connectivity index (χ1) is 9.72. The fourth-order valence-corrected chi connectivity index (χ4v) is 2.39. The standard InChI is InChI=1S/C16H14N4/c1-11-5-4-8-14(16(11)18)20-13-7-3-2-6-12(13)19-15(20)9-10-17/h2-8H,9,18H2,1H3. The molecule has 0 bridgehead atoms. The zero-order chi connectivity index (χ0) is 14.1. The Hall–Kier alpha value is -2.80. The summed E-state index contributed by atoms with van der Waals surface area (Å²) in [5.41, 5.74) is 10.7. The maximum absolute atomic E-state index is 9.01. The maximum Gasteiger partial charge on any atom is 0.128 e. The van der Waals surface area contributed by atoms with Crippen LogP contribution < -0.4 is 5.73 Å². The Morgan fingerprint density at radius 3 is 2.80 bits per heavy atom. The first kappa shape index (κ1) is 12.2. The predicted octanol–water partition coefficient (Wildman–Crippen LogP) is 2.98. The van der Waals surface area contributed by atoms with Gasteiger partial charge in [0, 0.05) is 0 Å². The first-order valence-electron chi connectivity index (χ1n) is 6.41. The minimum atomic E-state index is 0.252. The monoisotopic (exact) mass is 262 g/mol. The number of aryl methyl sites for hydroxylation is 1. The van der Waals surface area contributed by atoms with Gasteiger partial charge in [0.1, 0.15) is 5.82 Å². The summed E-state index contributed by atoms with van der Waals surface area (Å²) in [5.74, 6) is 0.714. The highest BCUT2D eigenvalue weighted by Crippen LogP contribution is 2.27. The number of nitriles is 1. The summed E-state index contributed by atoms with van der Waals surface area (Å²) in [6.07, 6.45) is 0.252. The predicted molar refractivity (Wildman–Crippen MR) is 79.5 cm³/mol. The van der Waals surface area contributed by atoms with Crippen LogP contribution >= 0.6 is 0 Å². The molecule has 0 fully saturated rings. The van der Waals surface area contributed by atoms with Gasteiger partial charge in [0.15, 0.2) is 0 Å². The fraction of sp³-hybridized carbons (Fsp3) is 0.125. The number of rotatable bonds is 2. The molecular weight excluding hydrogens is 248 g/mol. The van der Waals surface area contributed by atoms with Gasteiger partial charge in [0.25, 0.3) is 0 Å². The van der Waals surface area contributed by atoms with Crippen molar-refractivity contribution in [3.05, 3.63) is 53.9 Å². The molecule has 0 unspecified atom stereocenters. The summed E-state index contributed by atoms with van der Waals surface area (Å²) in [5, 5.41) is 9.01. The minimum absolute atomic E-state index is 0.252. The topological polar surface area (TPSA) is 67.6 Å². The van der Waals surface area contributed by atoms with Crippen LogP contribution in [0.4, 0.5) is 5.69 Å². The lowest BCUT2D eigenvalue weighted by Gasteiger charge is -2.12. The van der Waals surface area contributed by atoms with E-state index in [0.29, 0.717) is 5.82 Å². The van der Waals surface area contributed by atoms with Gasteiger partial charge in [-0.05, 0) is 30.7 Å². The van der Waals surface area contributed by atoms with E-state index in [1.807, 2.05) is 54.0 Å². The number of aromatic nitrogens is 2. The highest BCUT2D eigenvalue weighted by Gasteiger charge is 2.14. The van der Waals surface area contributed by atoms with Crippen LogP contribution in [0.15, 0.2) is 42.5 Å². The lowest BCUT2D eigenvalue weighted by Crippen LogP contribution is -2.05. The molecule has 0 atom stereocenters. The second kappa shape index (κ2) is 4.71. The molecule has 0 radical (unpaired) electrons. The van der Waals surface area contributed by atoms with Crippen LogP contribution in [-0.4, -0.2) is 9.55 Å². The molecule has 4 heteroatoms. The first-order valence-corrected chi connectivity index (χ1v) is 6.41. The van der Waals surface area contributed by atoms with E-state index in [0.717, 1.165) is 28.0 Å². The SMILES string of the molecule is Cc1cccc(-n2c(CC#N)nc3ccccc32)c1N. The van der Waals surface area contributed by atoms with E-state index >= 15 is 0 Å². The van der Waals surface area contributed by atoms with Crippen LogP contribution in [0.1, 0.15) is 11.4 Å². The van der Waals surface area contributed by atoms with Gasteiger partial charge in [-0.15, -0.1) is 0 Å². The summed E-state index contributed by atoms with van der Waals surface area (Å²) < 4.78 is 1.97. The van der Waals surface area contributed by atoms with Crippen molar-refractivity contribution < 1.29 is 0 Å². The quantitative estimate of drug-likeness (QED) is 0.722. The molecule has 0 amide bonds. The lowest BCUT2D eigenvalue weighted by molar-refractivity contribution is 0.955. The number of hydrogen-bond acceptors (Lipinski definition) is 3. The normalized spacial score (nSPS) is 10.6. The number of imidazole rings is 1. The molecule has 1 aromatic heterocycles. The van der Waals surface area contributed by atoms with Crippen molar-refractivity contribution in [3.8, 4) is 11.8 Å². The van der Waals surface area contributed by atoms with Crippen LogP contribution in [0.3, 0.4) is 0 Å². The Morgan fingerprint density at radius 2 is 2.00 bits per heavy atom. The molecule has 0 aliphatic rings. The maximum atomic E-state index is 9.01.